The van der Waals surface area contributed by atoms with Gasteiger partial charge in [-0.1, -0.05) is 25.6 Å². The number of amides is 2. The van der Waals surface area contributed by atoms with E-state index in [2.05, 4.69) is 10.6 Å². The molecule has 32 heavy (non-hydrogen) atoms. The predicted molar refractivity (Wildman–Crippen MR) is 118 cm³/mol. The molecule has 1 rings (SSSR count). The first-order chi connectivity index (χ1) is 14.8. The van der Waals surface area contributed by atoms with E-state index in [4.69, 9.17) is 14.6 Å². The highest BCUT2D eigenvalue weighted by Crippen LogP contribution is 2.37. The molecule has 0 aromatic rings. The van der Waals surface area contributed by atoms with Gasteiger partial charge in [0.05, 0.1) is 13.0 Å². The molecule has 11 heteroatoms. The van der Waals surface area contributed by atoms with E-state index in [9.17, 15) is 24.0 Å². The van der Waals surface area contributed by atoms with Crippen molar-refractivity contribution in [2.24, 2.45) is 5.41 Å². The second-order valence-electron chi connectivity index (χ2n) is 8.65. The quantitative estimate of drug-likeness (QED) is 0.265. The Morgan fingerprint density at radius 3 is 2.38 bits per heavy atom. The van der Waals surface area contributed by atoms with Crippen LogP contribution in [0.3, 0.4) is 0 Å². The molecule has 0 aromatic carbocycles. The van der Waals surface area contributed by atoms with Crippen molar-refractivity contribution < 1.29 is 38.6 Å². The van der Waals surface area contributed by atoms with Gasteiger partial charge in [0.15, 0.2) is 10.9 Å². The first kappa shape index (κ1) is 28.1. The molecule has 1 heterocycles. The van der Waals surface area contributed by atoms with E-state index < -0.39 is 23.3 Å². The lowest BCUT2D eigenvalue weighted by Crippen LogP contribution is -2.57. The molecule has 2 atom stereocenters. The summed E-state index contributed by atoms with van der Waals surface area (Å²) in [5.74, 6) is -2.41. The van der Waals surface area contributed by atoms with Gasteiger partial charge in [0.25, 0.3) is 0 Å². The molecule has 0 saturated carbocycles. The number of carbonyl (C=O) groups excluding carboxylic acids is 4. The second-order valence-corrected chi connectivity index (χ2v) is 9.80. The van der Waals surface area contributed by atoms with E-state index in [1.165, 1.54) is 6.92 Å². The van der Waals surface area contributed by atoms with Crippen LogP contribution in [0.25, 0.3) is 0 Å². The summed E-state index contributed by atoms with van der Waals surface area (Å²) in [7, 11) is 0. The van der Waals surface area contributed by atoms with Crippen molar-refractivity contribution in [3.8, 4) is 0 Å². The van der Waals surface area contributed by atoms with Crippen LogP contribution in [0.5, 0.6) is 0 Å². The summed E-state index contributed by atoms with van der Waals surface area (Å²) in [5.41, 5.74) is -0.595. The molecule has 2 amide bonds. The van der Waals surface area contributed by atoms with Crippen LogP contribution in [0, 0.1) is 5.41 Å². The third kappa shape index (κ3) is 10.6. The number of aliphatic carboxylic acids is 1. The number of thioether (sulfide) groups is 1. The highest BCUT2D eigenvalue weighted by molar-refractivity contribution is 8.13. The van der Waals surface area contributed by atoms with Gasteiger partial charge < -0.3 is 25.2 Å². The van der Waals surface area contributed by atoms with Gasteiger partial charge in [-0.2, -0.15) is 0 Å². The van der Waals surface area contributed by atoms with Crippen molar-refractivity contribution in [1.82, 2.24) is 10.6 Å². The molecule has 1 unspecified atom stereocenters. The Bertz CT molecular complexity index is 712. The maximum atomic E-state index is 12.7. The maximum absolute atomic E-state index is 12.7. The van der Waals surface area contributed by atoms with E-state index in [0.717, 1.165) is 11.8 Å². The number of hydrogen-bond acceptors (Lipinski definition) is 8. The number of Topliss-reactive ketones (excluding diaryl/α,β-unsaturated/α-hetero) is 1. The number of rotatable bonds is 13. The molecule has 0 bridgehead atoms. The Hall–Kier alpha value is -1.98. The van der Waals surface area contributed by atoms with Gasteiger partial charge in [-0.3, -0.25) is 24.0 Å². The first-order valence-corrected chi connectivity index (χ1v) is 11.6. The molecular formula is C21H34N2O8S. The molecular weight excluding hydrogens is 440 g/mol. The van der Waals surface area contributed by atoms with Crippen LogP contribution in [-0.4, -0.2) is 71.1 Å². The Labute approximate surface area is 192 Å². The van der Waals surface area contributed by atoms with E-state index >= 15 is 0 Å². The van der Waals surface area contributed by atoms with Gasteiger partial charge in [-0.05, 0) is 20.3 Å². The summed E-state index contributed by atoms with van der Waals surface area (Å²) in [6.45, 7) is 7.39. The van der Waals surface area contributed by atoms with E-state index in [1.807, 2.05) is 13.8 Å². The molecule has 3 N–H and O–H groups in total. The van der Waals surface area contributed by atoms with Crippen LogP contribution < -0.4 is 10.6 Å². The van der Waals surface area contributed by atoms with Crippen molar-refractivity contribution in [3.05, 3.63) is 0 Å². The monoisotopic (exact) mass is 474 g/mol. The highest BCUT2D eigenvalue weighted by atomic mass is 32.2. The van der Waals surface area contributed by atoms with Crippen molar-refractivity contribution >= 4 is 40.4 Å². The van der Waals surface area contributed by atoms with Crippen LogP contribution in [0.15, 0.2) is 0 Å². The standard InChI is InChI=1S/C21H34N2O8S/c1-14(24)12-17(28)32-11-10-22-15(25)7-9-23-19(29)18-20(2,3)13-30-21(4,31-18)8-5-6-16(26)27/h18H,5-13H2,1-4H3,(H,22,25)(H,23,29)(H,26,27)/t18-,21?/m0/s1. The zero-order chi connectivity index (χ0) is 24.4. The van der Waals surface area contributed by atoms with Crippen molar-refractivity contribution in [1.29, 1.82) is 0 Å². The molecule has 0 radical (unpaired) electrons. The van der Waals surface area contributed by atoms with Gasteiger partial charge in [0, 0.05) is 43.5 Å². The number of carbonyl (C=O) groups is 5. The Morgan fingerprint density at radius 2 is 1.75 bits per heavy atom. The molecule has 1 fully saturated rings. The number of ether oxygens (including phenoxy) is 2. The largest absolute Gasteiger partial charge is 0.481 e. The summed E-state index contributed by atoms with van der Waals surface area (Å²) in [6, 6.07) is 0. The number of carboxylic acids is 1. The van der Waals surface area contributed by atoms with E-state index in [0.29, 0.717) is 18.6 Å². The van der Waals surface area contributed by atoms with Gasteiger partial charge >= 0.3 is 5.97 Å². The highest BCUT2D eigenvalue weighted by Gasteiger charge is 2.47. The fraction of sp³-hybridized carbons (Fsp3) is 0.762. The predicted octanol–water partition coefficient (Wildman–Crippen LogP) is 1.26. The second kappa shape index (κ2) is 12.9. The summed E-state index contributed by atoms with van der Waals surface area (Å²) in [4.78, 5) is 57.6. The number of nitrogens with one attached hydrogen (secondary N) is 2. The zero-order valence-corrected chi connectivity index (χ0v) is 20.0. The van der Waals surface area contributed by atoms with E-state index in [1.54, 1.807) is 6.92 Å². The Balaban J connectivity index is 2.39. The maximum Gasteiger partial charge on any atom is 0.303 e. The van der Waals surface area contributed by atoms with Gasteiger partial charge in [0.1, 0.15) is 11.9 Å². The normalized spacial score (nSPS) is 22.1. The molecule has 10 nitrogen and oxygen atoms in total. The van der Waals surface area contributed by atoms with Gasteiger partial charge in [0.2, 0.25) is 11.8 Å². The topological polar surface area (TPSA) is 148 Å². The lowest BCUT2D eigenvalue weighted by Gasteiger charge is -2.46. The average molecular weight is 475 g/mol. The zero-order valence-electron chi connectivity index (χ0n) is 19.2. The average Bonchev–Trinajstić information content (AvgIpc) is 2.66. The van der Waals surface area contributed by atoms with Crippen LogP contribution in [0.2, 0.25) is 0 Å². The fourth-order valence-corrected chi connectivity index (χ4v) is 3.78. The first-order valence-electron chi connectivity index (χ1n) is 10.6. The van der Waals surface area contributed by atoms with Gasteiger partial charge in [-0.25, -0.2) is 0 Å². The lowest BCUT2D eigenvalue weighted by atomic mass is 9.85. The number of carboxylic acid groups (broad SMARTS) is 1. The summed E-state index contributed by atoms with van der Waals surface area (Å²) >= 11 is 0.996. The molecule has 0 aromatic heterocycles. The number of hydrogen-bond donors (Lipinski definition) is 3. The van der Waals surface area contributed by atoms with Crippen LogP contribution >= 0.6 is 11.8 Å². The third-order valence-corrected chi connectivity index (χ3v) is 5.69. The SMILES string of the molecule is CC(=O)CC(=O)SCCNC(=O)CCNC(=O)[C@@H]1OC(C)(CCCC(=O)O)OCC1(C)C. The van der Waals surface area contributed by atoms with Crippen molar-refractivity contribution in [2.45, 2.75) is 71.7 Å². The summed E-state index contributed by atoms with van der Waals surface area (Å²) < 4.78 is 11.7. The van der Waals surface area contributed by atoms with Gasteiger partial charge in [-0.15, -0.1) is 0 Å². The van der Waals surface area contributed by atoms with Crippen molar-refractivity contribution in [2.75, 3.05) is 25.4 Å². The van der Waals surface area contributed by atoms with Crippen LogP contribution in [0.4, 0.5) is 0 Å². The molecule has 1 aliphatic rings. The minimum absolute atomic E-state index is 0.0128. The Kier molecular flexibility index (Phi) is 11.3. The molecule has 1 saturated heterocycles. The minimum atomic E-state index is -1.05. The van der Waals surface area contributed by atoms with E-state index in [-0.39, 0.29) is 61.7 Å². The third-order valence-electron chi connectivity index (χ3n) is 4.82. The number of ketones is 1. The molecule has 0 spiro atoms. The summed E-state index contributed by atoms with van der Waals surface area (Å²) in [6.07, 6.45) is -0.169. The summed E-state index contributed by atoms with van der Waals surface area (Å²) in [5, 5.41) is 13.9. The lowest BCUT2D eigenvalue weighted by molar-refractivity contribution is -0.315. The fourth-order valence-electron chi connectivity index (χ4n) is 3.05. The molecule has 0 aliphatic carbocycles. The van der Waals surface area contributed by atoms with Crippen molar-refractivity contribution in [3.63, 3.8) is 0 Å². The molecule has 1 aliphatic heterocycles. The van der Waals surface area contributed by atoms with Crippen LogP contribution in [0.1, 0.15) is 59.8 Å². The minimum Gasteiger partial charge on any atom is -0.481 e. The van der Waals surface area contributed by atoms with Crippen LogP contribution in [-0.2, 0) is 33.4 Å². The molecule has 182 valence electrons. The smallest absolute Gasteiger partial charge is 0.303 e. The Morgan fingerprint density at radius 1 is 1.06 bits per heavy atom.